The molecule has 0 aromatic carbocycles. The molecule has 3 heterocycles. The molecule has 1 fully saturated rings. The van der Waals surface area contributed by atoms with Crippen LogP contribution in [0.15, 0.2) is 28.0 Å². The number of furan rings is 1. The highest BCUT2D eigenvalue weighted by atomic mass is 32.2. The summed E-state index contributed by atoms with van der Waals surface area (Å²) in [6.45, 7) is 2.94. The molecule has 2 aromatic rings. The Kier molecular flexibility index (Phi) is 4.37. The van der Waals surface area contributed by atoms with Crippen molar-refractivity contribution in [2.45, 2.75) is 37.4 Å². The summed E-state index contributed by atoms with van der Waals surface area (Å²) in [6, 6.07) is 3.84. The summed E-state index contributed by atoms with van der Waals surface area (Å²) >= 11 is 1.30. The van der Waals surface area contributed by atoms with Crippen molar-refractivity contribution in [2.24, 2.45) is 0 Å². The van der Waals surface area contributed by atoms with E-state index in [-0.39, 0.29) is 5.91 Å². The number of hydrogen-bond donors (Lipinski definition) is 1. The number of nitrogens with two attached hydrogens (primary N) is 1. The number of nitrogen functional groups attached to an aromatic ring is 1. The van der Waals surface area contributed by atoms with Crippen LogP contribution >= 0.6 is 11.8 Å². The van der Waals surface area contributed by atoms with E-state index < -0.39 is 0 Å². The highest BCUT2D eigenvalue weighted by molar-refractivity contribution is 7.99. The highest BCUT2D eigenvalue weighted by Gasteiger charge is 2.24. The van der Waals surface area contributed by atoms with Crippen molar-refractivity contribution in [3.63, 3.8) is 0 Å². The fourth-order valence-corrected chi connectivity index (χ4v) is 3.37. The number of aromatic nitrogens is 3. The fourth-order valence-electron chi connectivity index (χ4n) is 2.63. The van der Waals surface area contributed by atoms with E-state index in [1.54, 1.807) is 18.4 Å². The number of nitrogens with zero attached hydrogens (tertiary/aromatic N) is 4. The molecule has 0 bridgehead atoms. The first kappa shape index (κ1) is 15.0. The summed E-state index contributed by atoms with van der Waals surface area (Å²) in [4.78, 5) is 14.3. The topological polar surface area (TPSA) is 90.2 Å². The summed E-state index contributed by atoms with van der Waals surface area (Å²) in [5, 5.41) is 8.54. The normalized spacial score (nSPS) is 18.6. The molecule has 1 aliphatic rings. The number of thioether (sulfide) groups is 1. The van der Waals surface area contributed by atoms with Crippen LogP contribution in [0.3, 0.4) is 0 Å². The van der Waals surface area contributed by atoms with Crippen LogP contribution in [0.5, 0.6) is 0 Å². The molecule has 1 aliphatic heterocycles. The van der Waals surface area contributed by atoms with Crippen molar-refractivity contribution in [3.8, 4) is 11.6 Å². The van der Waals surface area contributed by atoms with Gasteiger partial charge >= 0.3 is 0 Å². The van der Waals surface area contributed by atoms with E-state index in [9.17, 15) is 4.79 Å². The average Bonchev–Trinajstić information content (AvgIpc) is 3.15. The maximum atomic E-state index is 12.3. The van der Waals surface area contributed by atoms with E-state index >= 15 is 0 Å². The van der Waals surface area contributed by atoms with Gasteiger partial charge in [-0.25, -0.2) is 4.68 Å². The molecule has 2 N–H and O–H groups in total. The predicted molar refractivity (Wildman–Crippen MR) is 83.6 cm³/mol. The Labute approximate surface area is 132 Å². The van der Waals surface area contributed by atoms with Crippen LogP contribution in [-0.4, -0.2) is 44.0 Å². The zero-order valence-corrected chi connectivity index (χ0v) is 13.3. The summed E-state index contributed by atoms with van der Waals surface area (Å²) in [6.07, 6.45) is 4.91. The van der Waals surface area contributed by atoms with Gasteiger partial charge < -0.3 is 15.2 Å². The SMILES string of the molecule is CC1CCCCN1C(=O)CSc1nnc(-c2ccco2)n1N. The Morgan fingerprint density at radius 1 is 1.50 bits per heavy atom. The lowest BCUT2D eigenvalue weighted by Gasteiger charge is -2.33. The van der Waals surface area contributed by atoms with Crippen LogP contribution in [-0.2, 0) is 4.79 Å². The molecule has 22 heavy (non-hydrogen) atoms. The molecule has 1 saturated heterocycles. The van der Waals surface area contributed by atoms with Gasteiger partial charge in [-0.1, -0.05) is 11.8 Å². The minimum Gasteiger partial charge on any atom is -0.461 e. The summed E-state index contributed by atoms with van der Waals surface area (Å²) in [5.74, 6) is 7.42. The molecule has 1 atom stereocenters. The van der Waals surface area contributed by atoms with Crippen molar-refractivity contribution in [1.29, 1.82) is 0 Å². The number of likely N-dealkylation sites (tertiary alicyclic amines) is 1. The zero-order chi connectivity index (χ0) is 15.5. The van der Waals surface area contributed by atoms with E-state index in [0.717, 1.165) is 19.4 Å². The molecule has 118 valence electrons. The summed E-state index contributed by atoms with van der Waals surface area (Å²) in [5.41, 5.74) is 0. The van der Waals surface area contributed by atoms with E-state index in [1.807, 2.05) is 4.90 Å². The Balaban J connectivity index is 1.63. The Morgan fingerprint density at radius 3 is 3.09 bits per heavy atom. The molecule has 0 spiro atoms. The second kappa shape index (κ2) is 6.43. The van der Waals surface area contributed by atoms with Gasteiger partial charge in [0.2, 0.25) is 16.9 Å². The Bertz CT molecular complexity index is 640. The van der Waals surface area contributed by atoms with Crippen LogP contribution < -0.4 is 5.84 Å². The molecule has 0 saturated carbocycles. The quantitative estimate of drug-likeness (QED) is 0.681. The fraction of sp³-hybridized carbons (Fsp3) is 0.500. The van der Waals surface area contributed by atoms with Crippen molar-refractivity contribution in [3.05, 3.63) is 18.4 Å². The molecule has 1 unspecified atom stereocenters. The number of piperidine rings is 1. The van der Waals surface area contributed by atoms with Gasteiger partial charge in [-0.2, -0.15) is 0 Å². The van der Waals surface area contributed by atoms with Crippen LogP contribution in [0, 0.1) is 0 Å². The van der Waals surface area contributed by atoms with Gasteiger partial charge in [0.05, 0.1) is 12.0 Å². The second-order valence-electron chi connectivity index (χ2n) is 5.37. The third-order valence-electron chi connectivity index (χ3n) is 3.85. The van der Waals surface area contributed by atoms with Gasteiger partial charge in [-0.3, -0.25) is 4.79 Å². The van der Waals surface area contributed by atoms with Crippen LogP contribution in [0.25, 0.3) is 11.6 Å². The van der Waals surface area contributed by atoms with Gasteiger partial charge in [0, 0.05) is 12.6 Å². The average molecular weight is 321 g/mol. The van der Waals surface area contributed by atoms with Gasteiger partial charge in [0.15, 0.2) is 5.76 Å². The lowest BCUT2D eigenvalue weighted by atomic mass is 10.0. The van der Waals surface area contributed by atoms with Gasteiger partial charge in [0.25, 0.3) is 0 Å². The number of hydrogen-bond acceptors (Lipinski definition) is 6. The number of amides is 1. The molecule has 0 aliphatic carbocycles. The largest absolute Gasteiger partial charge is 0.461 e. The van der Waals surface area contributed by atoms with E-state index in [2.05, 4.69) is 17.1 Å². The number of carbonyl (C=O) groups is 1. The van der Waals surface area contributed by atoms with Gasteiger partial charge in [0.1, 0.15) is 0 Å². The third-order valence-corrected chi connectivity index (χ3v) is 4.78. The maximum Gasteiger partial charge on any atom is 0.233 e. The Morgan fingerprint density at radius 2 is 2.36 bits per heavy atom. The first-order valence-electron chi connectivity index (χ1n) is 7.33. The van der Waals surface area contributed by atoms with Crippen LogP contribution in [0.4, 0.5) is 0 Å². The van der Waals surface area contributed by atoms with E-state index in [4.69, 9.17) is 10.3 Å². The molecular weight excluding hydrogens is 302 g/mol. The van der Waals surface area contributed by atoms with Crippen molar-refractivity contribution >= 4 is 17.7 Å². The third kappa shape index (κ3) is 2.96. The lowest BCUT2D eigenvalue weighted by molar-refractivity contribution is -0.131. The van der Waals surface area contributed by atoms with Crippen molar-refractivity contribution in [2.75, 3.05) is 18.1 Å². The second-order valence-corrected chi connectivity index (χ2v) is 6.32. The first-order valence-corrected chi connectivity index (χ1v) is 8.32. The van der Waals surface area contributed by atoms with Crippen LogP contribution in [0.2, 0.25) is 0 Å². The molecule has 0 radical (unpaired) electrons. The minimum absolute atomic E-state index is 0.125. The summed E-state index contributed by atoms with van der Waals surface area (Å²) < 4.78 is 6.62. The number of rotatable bonds is 4. The van der Waals surface area contributed by atoms with E-state index in [0.29, 0.717) is 28.5 Å². The maximum absolute atomic E-state index is 12.3. The van der Waals surface area contributed by atoms with Crippen molar-refractivity contribution in [1.82, 2.24) is 19.8 Å². The molecule has 7 nitrogen and oxygen atoms in total. The lowest BCUT2D eigenvalue weighted by Crippen LogP contribution is -2.43. The molecule has 3 rings (SSSR count). The standard InChI is InChI=1S/C14H19N5O2S/c1-10-5-2-3-7-18(10)12(20)9-22-14-17-16-13(19(14)15)11-6-4-8-21-11/h4,6,8,10H,2-3,5,7,9,15H2,1H3. The highest BCUT2D eigenvalue weighted by Crippen LogP contribution is 2.23. The zero-order valence-electron chi connectivity index (χ0n) is 12.4. The monoisotopic (exact) mass is 321 g/mol. The van der Waals surface area contributed by atoms with Gasteiger partial charge in [-0.15, -0.1) is 10.2 Å². The van der Waals surface area contributed by atoms with Crippen molar-refractivity contribution < 1.29 is 9.21 Å². The molecular formula is C14H19N5O2S. The summed E-state index contributed by atoms with van der Waals surface area (Å²) in [7, 11) is 0. The first-order chi connectivity index (χ1) is 10.7. The predicted octanol–water partition coefficient (Wildman–Crippen LogP) is 1.74. The van der Waals surface area contributed by atoms with Crippen LogP contribution in [0.1, 0.15) is 26.2 Å². The molecule has 1 amide bonds. The Hall–Kier alpha value is -1.96. The van der Waals surface area contributed by atoms with Gasteiger partial charge in [-0.05, 0) is 38.3 Å². The number of carbonyl (C=O) groups excluding carboxylic acids is 1. The smallest absolute Gasteiger partial charge is 0.233 e. The minimum atomic E-state index is 0.125. The van der Waals surface area contributed by atoms with E-state index in [1.165, 1.54) is 22.9 Å². The molecule has 8 heteroatoms. The molecule has 2 aromatic heterocycles.